The largest absolute Gasteiger partial charge is 0.271 e. The molecule has 1 aliphatic heterocycles. The van der Waals surface area contributed by atoms with Crippen molar-refractivity contribution >= 4 is 21.8 Å². The maximum absolute atomic E-state index is 3.50. The highest BCUT2D eigenvalue weighted by molar-refractivity contribution is 9.07. The van der Waals surface area contributed by atoms with Gasteiger partial charge in [-0.3, -0.25) is 5.01 Å². The van der Waals surface area contributed by atoms with E-state index in [1.54, 1.807) is 0 Å². The fourth-order valence-corrected chi connectivity index (χ4v) is 1.74. The maximum atomic E-state index is 3.50. The molecule has 1 unspecified atom stereocenters. The molecule has 1 heterocycles. The Balaban J connectivity index is 2.24. The molecule has 13 heavy (non-hydrogen) atoms. The van der Waals surface area contributed by atoms with Gasteiger partial charge in [0.15, 0.2) is 0 Å². The molecule has 0 spiro atoms. The van der Waals surface area contributed by atoms with Gasteiger partial charge in [0.2, 0.25) is 0 Å². The molecule has 1 aromatic rings. The number of anilines is 1. The Morgan fingerprint density at radius 3 is 2.46 bits per heavy atom. The zero-order chi connectivity index (χ0) is 9.26. The molecule has 0 radical (unpaired) electrons. The predicted octanol–water partition coefficient (Wildman–Crippen LogP) is 2.94. The summed E-state index contributed by atoms with van der Waals surface area (Å²) in [5.74, 6) is 0. The van der Waals surface area contributed by atoms with Crippen molar-refractivity contribution in [3.8, 4) is 0 Å². The first-order chi connectivity index (χ1) is 6.29. The molecule has 0 N–H and O–H groups in total. The Labute approximate surface area is 86.8 Å². The van der Waals surface area contributed by atoms with Crippen molar-refractivity contribution < 1.29 is 0 Å². The number of benzene rings is 1. The normalized spacial score (nSPS) is 22.6. The third kappa shape index (κ3) is 1.62. The van der Waals surface area contributed by atoms with Crippen LogP contribution in [-0.2, 0) is 0 Å². The average molecular weight is 239 g/mol. The summed E-state index contributed by atoms with van der Waals surface area (Å²) < 4.78 is 2.02. The van der Waals surface area contributed by atoms with Crippen LogP contribution in [0.3, 0.4) is 0 Å². The second kappa shape index (κ2) is 3.52. The summed E-state index contributed by atoms with van der Waals surface area (Å²) in [6, 6.07) is 10.7. The average Bonchev–Trinajstić information content (AvgIpc) is 2.49. The highest BCUT2D eigenvalue weighted by Crippen LogP contribution is 2.26. The molecule has 0 aliphatic carbocycles. The zero-order valence-electron chi connectivity index (χ0n) is 7.39. The molecule has 0 saturated carbocycles. The van der Waals surface area contributed by atoms with E-state index < -0.39 is 0 Å². The lowest BCUT2D eigenvalue weighted by molar-refractivity contribution is 0.479. The Hall–Kier alpha value is -0.800. The van der Waals surface area contributed by atoms with Gasteiger partial charge < -0.3 is 0 Å². The van der Waals surface area contributed by atoms with E-state index in [-0.39, 0.29) is 0 Å². The minimum Gasteiger partial charge on any atom is -0.271 e. The summed E-state index contributed by atoms with van der Waals surface area (Å²) in [5.41, 5.74) is 1.17. The Morgan fingerprint density at radius 2 is 1.92 bits per heavy atom. The molecule has 0 saturated heterocycles. The molecule has 3 heteroatoms. The predicted molar refractivity (Wildman–Crippen MR) is 58.3 cm³/mol. The first-order valence-corrected chi connectivity index (χ1v) is 4.97. The molecule has 0 amide bonds. The summed E-state index contributed by atoms with van der Waals surface area (Å²) >= 11 is 3.50. The van der Waals surface area contributed by atoms with Gasteiger partial charge in [0.1, 0.15) is 0 Å². The van der Waals surface area contributed by atoms with E-state index >= 15 is 0 Å². The number of rotatable bonds is 1. The van der Waals surface area contributed by atoms with Gasteiger partial charge in [0, 0.05) is 22.3 Å². The third-order valence-electron chi connectivity index (χ3n) is 2.07. The molecular weight excluding hydrogens is 228 g/mol. The maximum Gasteiger partial charge on any atom is 0.0585 e. The molecule has 0 aromatic heterocycles. The molecule has 0 fully saturated rings. The van der Waals surface area contributed by atoms with Gasteiger partial charge in [-0.15, -0.1) is 4.03 Å². The Bertz CT molecular complexity index is 310. The lowest BCUT2D eigenvalue weighted by Gasteiger charge is -2.25. The van der Waals surface area contributed by atoms with Crippen molar-refractivity contribution in [1.29, 1.82) is 0 Å². The van der Waals surface area contributed by atoms with Crippen LogP contribution < -0.4 is 5.01 Å². The van der Waals surface area contributed by atoms with Crippen LogP contribution in [0.25, 0.3) is 0 Å². The molecular formula is C10H11BrN2. The lowest BCUT2D eigenvalue weighted by Crippen LogP contribution is -2.30. The lowest BCUT2D eigenvalue weighted by atomic mass is 10.3. The van der Waals surface area contributed by atoms with E-state index in [1.807, 2.05) is 22.2 Å². The minimum absolute atomic E-state index is 0.403. The van der Waals surface area contributed by atoms with E-state index in [0.717, 1.165) is 0 Å². The van der Waals surface area contributed by atoms with Crippen molar-refractivity contribution in [2.75, 3.05) is 5.01 Å². The number of halogens is 1. The summed E-state index contributed by atoms with van der Waals surface area (Å²) in [5, 5.41) is 2.07. The fourth-order valence-electron chi connectivity index (χ4n) is 1.31. The van der Waals surface area contributed by atoms with Crippen molar-refractivity contribution in [2.45, 2.75) is 13.0 Å². The van der Waals surface area contributed by atoms with Crippen LogP contribution in [0.15, 0.2) is 42.6 Å². The monoisotopic (exact) mass is 238 g/mol. The van der Waals surface area contributed by atoms with Gasteiger partial charge in [-0.2, -0.15) is 0 Å². The van der Waals surface area contributed by atoms with Gasteiger partial charge in [-0.25, -0.2) is 0 Å². The van der Waals surface area contributed by atoms with Crippen LogP contribution in [0.2, 0.25) is 0 Å². The Kier molecular flexibility index (Phi) is 2.38. The molecule has 2 rings (SSSR count). The van der Waals surface area contributed by atoms with Crippen LogP contribution >= 0.6 is 16.1 Å². The van der Waals surface area contributed by atoms with Gasteiger partial charge in [0.05, 0.1) is 11.7 Å². The van der Waals surface area contributed by atoms with Gasteiger partial charge in [-0.1, -0.05) is 18.2 Å². The van der Waals surface area contributed by atoms with Crippen LogP contribution in [-0.4, -0.2) is 10.1 Å². The highest BCUT2D eigenvalue weighted by atomic mass is 79.9. The molecule has 1 aliphatic rings. The summed E-state index contributed by atoms with van der Waals surface area (Å²) in [6.07, 6.45) is 4.20. The quantitative estimate of drug-likeness (QED) is 0.695. The zero-order valence-corrected chi connectivity index (χ0v) is 8.98. The topological polar surface area (TPSA) is 6.48 Å². The first-order valence-electron chi connectivity index (χ1n) is 4.26. The SMILES string of the molecule is CC1C=CN(c2ccccc2)N1Br. The van der Waals surface area contributed by atoms with Gasteiger partial charge in [0.25, 0.3) is 0 Å². The number of hydrogen-bond acceptors (Lipinski definition) is 2. The number of nitrogens with zero attached hydrogens (tertiary/aromatic N) is 2. The van der Waals surface area contributed by atoms with E-state index in [0.29, 0.717) is 6.04 Å². The Morgan fingerprint density at radius 1 is 1.23 bits per heavy atom. The van der Waals surface area contributed by atoms with E-state index in [9.17, 15) is 0 Å². The number of para-hydroxylation sites is 1. The third-order valence-corrected chi connectivity index (χ3v) is 3.06. The second-order valence-electron chi connectivity index (χ2n) is 3.05. The minimum atomic E-state index is 0.403. The molecule has 2 nitrogen and oxygen atoms in total. The first kappa shape index (κ1) is 8.78. The van der Waals surface area contributed by atoms with Crippen LogP contribution in [0.4, 0.5) is 5.69 Å². The summed E-state index contributed by atoms with van der Waals surface area (Å²) in [7, 11) is 0. The van der Waals surface area contributed by atoms with Gasteiger partial charge in [-0.05, 0) is 25.1 Å². The number of hydrogen-bond donors (Lipinski definition) is 0. The highest BCUT2D eigenvalue weighted by Gasteiger charge is 2.21. The summed E-state index contributed by atoms with van der Waals surface area (Å²) in [6.45, 7) is 2.13. The van der Waals surface area contributed by atoms with E-state index in [4.69, 9.17) is 0 Å². The molecule has 1 atom stereocenters. The van der Waals surface area contributed by atoms with Crippen LogP contribution in [0.5, 0.6) is 0 Å². The van der Waals surface area contributed by atoms with Gasteiger partial charge >= 0.3 is 0 Å². The molecule has 68 valence electrons. The molecule has 1 aromatic carbocycles. The van der Waals surface area contributed by atoms with Crippen LogP contribution in [0, 0.1) is 0 Å². The van der Waals surface area contributed by atoms with Crippen LogP contribution in [0.1, 0.15) is 6.92 Å². The smallest absolute Gasteiger partial charge is 0.0585 e. The summed E-state index contributed by atoms with van der Waals surface area (Å²) in [4.78, 5) is 0. The molecule has 0 bridgehead atoms. The fraction of sp³-hybridized carbons (Fsp3) is 0.200. The standard InChI is InChI=1S/C10H11BrN2/c1-9-7-8-12(13(9)11)10-5-3-2-4-6-10/h2-9H,1H3. The van der Waals surface area contributed by atoms with E-state index in [2.05, 4.69) is 52.5 Å². The van der Waals surface area contributed by atoms with E-state index in [1.165, 1.54) is 5.69 Å². The van der Waals surface area contributed by atoms with Crippen molar-refractivity contribution in [1.82, 2.24) is 4.03 Å². The van der Waals surface area contributed by atoms with Crippen molar-refractivity contribution in [3.05, 3.63) is 42.6 Å². The second-order valence-corrected chi connectivity index (χ2v) is 3.78. The van der Waals surface area contributed by atoms with Crippen molar-refractivity contribution in [3.63, 3.8) is 0 Å². The number of hydrazine groups is 1. The van der Waals surface area contributed by atoms with Crippen molar-refractivity contribution in [2.24, 2.45) is 0 Å².